The highest BCUT2D eigenvalue weighted by Crippen LogP contribution is 2.22. The maximum atomic E-state index is 12.8. The Hall–Kier alpha value is -1.10. The molecule has 0 saturated carbocycles. The molecule has 13 heavy (non-hydrogen) atoms. The van der Waals surface area contributed by atoms with Gasteiger partial charge in [-0.3, -0.25) is 0 Å². The van der Waals surface area contributed by atoms with E-state index in [9.17, 15) is 17.6 Å². The van der Waals surface area contributed by atoms with Gasteiger partial charge in [-0.05, 0) is 13.0 Å². The van der Waals surface area contributed by atoms with Gasteiger partial charge in [0.15, 0.2) is 23.3 Å². The van der Waals surface area contributed by atoms with Crippen LogP contribution in [0.5, 0.6) is 0 Å². The Labute approximate surface area is 72.2 Å². The molecule has 1 unspecified atom stereocenters. The lowest BCUT2D eigenvalue weighted by atomic mass is 10.1. The molecule has 72 valence electrons. The van der Waals surface area contributed by atoms with Gasteiger partial charge >= 0.3 is 0 Å². The van der Waals surface area contributed by atoms with E-state index in [1.165, 1.54) is 6.92 Å². The molecule has 1 nitrogen and oxygen atoms in total. The summed E-state index contributed by atoms with van der Waals surface area (Å²) in [5.74, 6) is -6.52. The monoisotopic (exact) mass is 193 g/mol. The lowest BCUT2D eigenvalue weighted by molar-refractivity contribution is 0.401. The third kappa shape index (κ3) is 1.65. The van der Waals surface area contributed by atoms with Crippen molar-refractivity contribution < 1.29 is 17.6 Å². The van der Waals surface area contributed by atoms with E-state index in [1.54, 1.807) is 0 Å². The van der Waals surface area contributed by atoms with Crippen molar-refractivity contribution >= 4 is 0 Å². The van der Waals surface area contributed by atoms with Gasteiger partial charge in [0.1, 0.15) is 0 Å². The van der Waals surface area contributed by atoms with Crippen LogP contribution < -0.4 is 5.73 Å². The normalized spacial score (nSPS) is 13.1. The summed E-state index contributed by atoms with van der Waals surface area (Å²) < 4.78 is 50.3. The van der Waals surface area contributed by atoms with Crippen molar-refractivity contribution in [3.05, 3.63) is 34.9 Å². The van der Waals surface area contributed by atoms with Gasteiger partial charge in [-0.2, -0.15) is 0 Å². The minimum atomic E-state index is -1.83. The van der Waals surface area contributed by atoms with Gasteiger partial charge in [0.2, 0.25) is 0 Å². The average Bonchev–Trinajstić information content (AvgIpc) is 2.07. The van der Waals surface area contributed by atoms with Crippen molar-refractivity contribution in [2.45, 2.75) is 13.0 Å². The minimum absolute atomic E-state index is 0.378. The number of rotatable bonds is 1. The van der Waals surface area contributed by atoms with Gasteiger partial charge in [-0.1, -0.05) is 0 Å². The van der Waals surface area contributed by atoms with Crippen LogP contribution in [-0.4, -0.2) is 0 Å². The van der Waals surface area contributed by atoms with E-state index in [2.05, 4.69) is 0 Å². The molecule has 1 atom stereocenters. The van der Waals surface area contributed by atoms with Crippen molar-refractivity contribution in [1.82, 2.24) is 0 Å². The van der Waals surface area contributed by atoms with Gasteiger partial charge in [0, 0.05) is 11.6 Å². The van der Waals surface area contributed by atoms with Crippen LogP contribution in [0.4, 0.5) is 17.6 Å². The molecule has 1 aromatic carbocycles. The maximum Gasteiger partial charge on any atom is 0.197 e. The average molecular weight is 193 g/mol. The first-order chi connectivity index (χ1) is 5.95. The quantitative estimate of drug-likeness (QED) is 0.413. The van der Waals surface area contributed by atoms with Gasteiger partial charge in [0.25, 0.3) is 0 Å². The second kappa shape index (κ2) is 3.33. The number of benzene rings is 1. The van der Waals surface area contributed by atoms with Crippen molar-refractivity contribution in [2.75, 3.05) is 0 Å². The second-order valence-electron chi connectivity index (χ2n) is 2.68. The predicted molar refractivity (Wildman–Crippen MR) is 38.9 cm³/mol. The zero-order chi connectivity index (χ0) is 10.2. The molecule has 0 bridgehead atoms. The molecule has 0 fully saturated rings. The highest BCUT2D eigenvalue weighted by Gasteiger charge is 2.20. The molecule has 0 aliphatic heterocycles. The standard InChI is InChI=1S/C8H7F4N/c1-3(13)4-2-5(9)7(11)8(12)6(4)10/h2-3H,13H2,1H3. The summed E-state index contributed by atoms with van der Waals surface area (Å²) in [4.78, 5) is 0. The van der Waals surface area contributed by atoms with Gasteiger partial charge in [0.05, 0.1) is 0 Å². The van der Waals surface area contributed by atoms with Gasteiger partial charge in [-0.25, -0.2) is 17.6 Å². The summed E-state index contributed by atoms with van der Waals surface area (Å²) in [5.41, 5.74) is 4.83. The smallest absolute Gasteiger partial charge is 0.197 e. The Kier molecular flexibility index (Phi) is 2.56. The lowest BCUT2D eigenvalue weighted by Crippen LogP contribution is -2.11. The van der Waals surface area contributed by atoms with Crippen LogP contribution in [0.1, 0.15) is 18.5 Å². The molecule has 0 radical (unpaired) electrons. The zero-order valence-electron chi connectivity index (χ0n) is 6.74. The molecule has 0 aliphatic rings. The zero-order valence-corrected chi connectivity index (χ0v) is 6.74. The Bertz CT molecular complexity index is 335. The van der Waals surface area contributed by atoms with E-state index in [-0.39, 0.29) is 5.56 Å². The Morgan fingerprint density at radius 3 is 2.08 bits per heavy atom. The molecule has 5 heteroatoms. The summed E-state index contributed by atoms with van der Waals surface area (Å²) in [5, 5.41) is 0. The molecule has 0 aromatic heterocycles. The van der Waals surface area contributed by atoms with Crippen molar-refractivity contribution in [3.63, 3.8) is 0 Å². The van der Waals surface area contributed by atoms with Crippen LogP contribution in [0, 0.1) is 23.3 Å². The first-order valence-electron chi connectivity index (χ1n) is 3.53. The minimum Gasteiger partial charge on any atom is -0.324 e. The fraction of sp³-hybridized carbons (Fsp3) is 0.250. The summed E-state index contributed by atoms with van der Waals surface area (Å²) in [6.07, 6.45) is 0. The molecule has 0 saturated heterocycles. The van der Waals surface area contributed by atoms with E-state index < -0.39 is 29.3 Å². The van der Waals surface area contributed by atoms with Crippen molar-refractivity contribution in [1.29, 1.82) is 0 Å². The fourth-order valence-corrected chi connectivity index (χ4v) is 0.922. The van der Waals surface area contributed by atoms with Crippen LogP contribution in [0.15, 0.2) is 6.07 Å². The van der Waals surface area contributed by atoms with E-state index in [4.69, 9.17) is 5.73 Å². The summed E-state index contributed by atoms with van der Waals surface area (Å²) in [6.45, 7) is 1.34. The van der Waals surface area contributed by atoms with Crippen molar-refractivity contribution in [3.8, 4) is 0 Å². The molecule has 1 rings (SSSR count). The highest BCUT2D eigenvalue weighted by atomic mass is 19.2. The SMILES string of the molecule is CC(N)c1cc(F)c(F)c(F)c1F. The van der Waals surface area contributed by atoms with Crippen molar-refractivity contribution in [2.24, 2.45) is 5.73 Å². The Morgan fingerprint density at radius 2 is 1.62 bits per heavy atom. The fourth-order valence-electron chi connectivity index (χ4n) is 0.922. The topological polar surface area (TPSA) is 26.0 Å². The van der Waals surface area contributed by atoms with Crippen LogP contribution in [0.2, 0.25) is 0 Å². The molecule has 0 aliphatic carbocycles. The molecule has 0 spiro atoms. The van der Waals surface area contributed by atoms with E-state index in [1.807, 2.05) is 0 Å². The predicted octanol–water partition coefficient (Wildman–Crippen LogP) is 2.26. The highest BCUT2D eigenvalue weighted by molar-refractivity contribution is 5.24. The van der Waals surface area contributed by atoms with Crippen LogP contribution >= 0.6 is 0 Å². The molecule has 1 aromatic rings. The van der Waals surface area contributed by atoms with E-state index >= 15 is 0 Å². The maximum absolute atomic E-state index is 12.8. The number of hydrogen-bond acceptors (Lipinski definition) is 1. The molecule has 0 amide bonds. The van der Waals surface area contributed by atoms with Crippen LogP contribution in [0.25, 0.3) is 0 Å². The molecule has 2 N–H and O–H groups in total. The second-order valence-corrected chi connectivity index (χ2v) is 2.68. The summed E-state index contributed by atoms with van der Waals surface area (Å²) in [7, 11) is 0. The van der Waals surface area contributed by atoms with Crippen LogP contribution in [-0.2, 0) is 0 Å². The molecular weight excluding hydrogens is 186 g/mol. The van der Waals surface area contributed by atoms with E-state index in [0.717, 1.165) is 0 Å². The summed E-state index contributed by atoms with van der Waals surface area (Å²) >= 11 is 0. The van der Waals surface area contributed by atoms with Crippen LogP contribution in [0.3, 0.4) is 0 Å². The number of hydrogen-bond donors (Lipinski definition) is 1. The third-order valence-electron chi connectivity index (χ3n) is 1.62. The first-order valence-corrected chi connectivity index (χ1v) is 3.53. The Balaban J connectivity index is 3.41. The Morgan fingerprint density at radius 1 is 1.08 bits per heavy atom. The van der Waals surface area contributed by atoms with Gasteiger partial charge in [-0.15, -0.1) is 0 Å². The van der Waals surface area contributed by atoms with E-state index in [0.29, 0.717) is 6.07 Å². The number of nitrogens with two attached hydrogens (primary N) is 1. The molecular formula is C8H7F4N. The summed E-state index contributed by atoms with van der Waals surface area (Å²) in [6, 6.07) is -0.331. The largest absolute Gasteiger partial charge is 0.324 e. The third-order valence-corrected chi connectivity index (χ3v) is 1.62. The van der Waals surface area contributed by atoms with Gasteiger partial charge < -0.3 is 5.73 Å². The lowest BCUT2D eigenvalue weighted by Gasteiger charge is -2.08. The molecule has 0 heterocycles. The number of halogens is 4. The first kappa shape index (κ1) is 9.98.